The van der Waals surface area contributed by atoms with E-state index in [1.807, 2.05) is 37.9 Å². The normalized spacial score (nSPS) is 17.2. The van der Waals surface area contributed by atoms with E-state index < -0.39 is 0 Å². The number of nitrogens with zero attached hydrogens (tertiary/aromatic N) is 3. The predicted octanol–water partition coefficient (Wildman–Crippen LogP) is 4.40. The van der Waals surface area contributed by atoms with Gasteiger partial charge in [-0.1, -0.05) is 31.0 Å². The van der Waals surface area contributed by atoms with Gasteiger partial charge in [-0.3, -0.25) is 14.3 Å². The van der Waals surface area contributed by atoms with E-state index >= 15 is 0 Å². The van der Waals surface area contributed by atoms with Crippen LogP contribution in [0.5, 0.6) is 0 Å². The second kappa shape index (κ2) is 9.22. The van der Waals surface area contributed by atoms with Gasteiger partial charge < -0.3 is 10.2 Å². The van der Waals surface area contributed by atoms with Crippen LogP contribution in [0.4, 0.5) is 0 Å². The number of thiophene rings is 1. The molecule has 1 aromatic carbocycles. The molecule has 0 aliphatic carbocycles. The van der Waals surface area contributed by atoms with Crippen molar-refractivity contribution >= 4 is 33.2 Å². The van der Waals surface area contributed by atoms with Gasteiger partial charge in [0.1, 0.15) is 0 Å². The van der Waals surface area contributed by atoms with Crippen molar-refractivity contribution in [3.05, 3.63) is 52.7 Å². The van der Waals surface area contributed by atoms with Crippen LogP contribution in [0.1, 0.15) is 65.1 Å². The molecular formula is C24H30N4O2S. The highest BCUT2D eigenvalue weighted by atomic mass is 32.1. The van der Waals surface area contributed by atoms with E-state index in [0.29, 0.717) is 12.0 Å². The van der Waals surface area contributed by atoms with Gasteiger partial charge in [0.25, 0.3) is 11.8 Å². The summed E-state index contributed by atoms with van der Waals surface area (Å²) >= 11 is 1.55. The highest BCUT2D eigenvalue weighted by Gasteiger charge is 2.30. The van der Waals surface area contributed by atoms with Crippen molar-refractivity contribution in [2.45, 2.75) is 58.0 Å². The number of aryl methyl sites for hydroxylation is 1. The summed E-state index contributed by atoms with van der Waals surface area (Å²) in [6.45, 7) is 4.70. The first-order chi connectivity index (χ1) is 14.9. The van der Waals surface area contributed by atoms with Crippen molar-refractivity contribution in [2.24, 2.45) is 7.05 Å². The van der Waals surface area contributed by atoms with Crippen LogP contribution >= 0.6 is 11.3 Å². The maximum atomic E-state index is 13.3. The molecule has 3 heterocycles. The van der Waals surface area contributed by atoms with Gasteiger partial charge in [-0.05, 0) is 50.1 Å². The minimum absolute atomic E-state index is 0.0232. The van der Waals surface area contributed by atoms with Gasteiger partial charge in [0.05, 0.1) is 16.6 Å². The van der Waals surface area contributed by atoms with Gasteiger partial charge in [-0.25, -0.2) is 0 Å². The van der Waals surface area contributed by atoms with Crippen molar-refractivity contribution in [2.75, 3.05) is 6.54 Å². The first-order valence-corrected chi connectivity index (χ1v) is 11.9. The quantitative estimate of drug-likeness (QED) is 0.642. The van der Waals surface area contributed by atoms with Crippen LogP contribution in [0, 0.1) is 0 Å². The zero-order valence-electron chi connectivity index (χ0n) is 18.4. The Morgan fingerprint density at radius 3 is 2.77 bits per heavy atom. The number of nitrogens with one attached hydrogen (secondary N) is 1. The van der Waals surface area contributed by atoms with Crippen molar-refractivity contribution in [3.8, 4) is 0 Å². The summed E-state index contributed by atoms with van der Waals surface area (Å²) in [4.78, 5) is 29.1. The molecule has 0 bridgehead atoms. The number of aromatic nitrogens is 2. The van der Waals surface area contributed by atoms with Crippen molar-refractivity contribution < 1.29 is 9.59 Å². The van der Waals surface area contributed by atoms with Crippen molar-refractivity contribution in [3.63, 3.8) is 0 Å². The monoisotopic (exact) mass is 438 g/mol. The third-order valence-corrected chi connectivity index (χ3v) is 7.07. The minimum Gasteiger partial charge on any atom is -0.349 e. The highest BCUT2D eigenvalue weighted by molar-refractivity contribution is 7.21. The average molecular weight is 439 g/mol. The third-order valence-electron chi connectivity index (χ3n) is 5.85. The van der Waals surface area contributed by atoms with Gasteiger partial charge in [-0.2, -0.15) is 5.10 Å². The molecule has 2 aromatic heterocycles. The molecule has 1 aliphatic rings. The molecule has 4 rings (SSSR count). The number of amides is 2. The smallest absolute Gasteiger partial charge is 0.261 e. The van der Waals surface area contributed by atoms with Gasteiger partial charge in [0, 0.05) is 36.6 Å². The van der Waals surface area contributed by atoms with Crippen molar-refractivity contribution in [1.82, 2.24) is 20.0 Å². The molecule has 1 atom stereocenters. The second-order valence-corrected chi connectivity index (χ2v) is 9.69. The predicted molar refractivity (Wildman–Crippen MR) is 125 cm³/mol. The number of hydrogen-bond donors (Lipinski definition) is 1. The SMILES string of the molecule is CC(C)NC(=O)c1sc2ccccc2c1CC1CCCCCN1C(=O)c1cnn(C)c1. The van der Waals surface area contributed by atoms with E-state index in [1.54, 1.807) is 28.4 Å². The first kappa shape index (κ1) is 21.6. The fraction of sp³-hybridized carbons (Fsp3) is 0.458. The molecule has 1 unspecified atom stereocenters. The molecule has 0 saturated carbocycles. The van der Waals surface area contributed by atoms with Crippen LogP contribution in [0.2, 0.25) is 0 Å². The van der Waals surface area contributed by atoms with Crippen LogP contribution in [0.15, 0.2) is 36.7 Å². The lowest BCUT2D eigenvalue weighted by molar-refractivity contribution is 0.0682. The summed E-state index contributed by atoms with van der Waals surface area (Å²) in [6.07, 6.45) is 8.29. The molecular weight excluding hydrogens is 408 g/mol. The molecule has 1 aliphatic heterocycles. The molecule has 1 saturated heterocycles. The Kier molecular flexibility index (Phi) is 6.41. The first-order valence-electron chi connectivity index (χ1n) is 11.0. The van der Waals surface area contributed by atoms with E-state index in [-0.39, 0.29) is 23.9 Å². The summed E-state index contributed by atoms with van der Waals surface area (Å²) in [7, 11) is 1.83. The lowest BCUT2D eigenvalue weighted by atomic mass is 9.97. The molecule has 2 amide bonds. The number of carbonyl (C=O) groups is 2. The molecule has 6 nitrogen and oxygen atoms in total. The van der Waals surface area contributed by atoms with E-state index in [2.05, 4.69) is 22.5 Å². The van der Waals surface area contributed by atoms with E-state index in [4.69, 9.17) is 0 Å². The summed E-state index contributed by atoms with van der Waals surface area (Å²) < 4.78 is 2.78. The van der Waals surface area contributed by atoms with Gasteiger partial charge in [0.15, 0.2) is 0 Å². The van der Waals surface area contributed by atoms with Gasteiger partial charge >= 0.3 is 0 Å². The molecule has 1 N–H and O–H groups in total. The summed E-state index contributed by atoms with van der Waals surface area (Å²) in [6, 6.07) is 8.34. The molecule has 0 radical (unpaired) electrons. The Morgan fingerprint density at radius 2 is 2.03 bits per heavy atom. The zero-order valence-corrected chi connectivity index (χ0v) is 19.2. The summed E-state index contributed by atoms with van der Waals surface area (Å²) in [5.41, 5.74) is 1.69. The highest BCUT2D eigenvalue weighted by Crippen LogP contribution is 2.34. The molecule has 31 heavy (non-hydrogen) atoms. The number of hydrogen-bond acceptors (Lipinski definition) is 4. The van der Waals surface area contributed by atoms with E-state index in [0.717, 1.165) is 52.8 Å². The molecule has 7 heteroatoms. The number of benzene rings is 1. The molecule has 164 valence electrons. The Morgan fingerprint density at radius 1 is 1.23 bits per heavy atom. The largest absolute Gasteiger partial charge is 0.349 e. The molecule has 3 aromatic rings. The fourth-order valence-electron chi connectivity index (χ4n) is 4.40. The van der Waals surface area contributed by atoms with E-state index in [1.165, 1.54) is 0 Å². The minimum atomic E-state index is -0.0232. The van der Waals surface area contributed by atoms with Crippen LogP contribution in [0.25, 0.3) is 10.1 Å². The maximum absolute atomic E-state index is 13.3. The maximum Gasteiger partial charge on any atom is 0.261 e. The Bertz CT molecular complexity index is 1080. The molecule has 1 fully saturated rings. The van der Waals surface area contributed by atoms with Crippen LogP contribution in [-0.4, -0.2) is 45.1 Å². The number of likely N-dealkylation sites (tertiary alicyclic amines) is 1. The fourth-order valence-corrected chi connectivity index (χ4v) is 5.54. The Balaban J connectivity index is 1.69. The topological polar surface area (TPSA) is 67.2 Å². The lowest BCUT2D eigenvalue weighted by Gasteiger charge is -2.30. The average Bonchev–Trinajstić information content (AvgIpc) is 3.24. The number of fused-ring (bicyclic) bond motifs is 1. The second-order valence-electron chi connectivity index (χ2n) is 8.64. The standard InChI is InChI=1S/C24H30N4O2S/c1-16(2)26-23(29)22-20(19-10-6-7-11-21(19)31-22)13-18-9-5-4-8-12-28(18)24(30)17-14-25-27(3)15-17/h6-7,10-11,14-16,18H,4-5,8-9,12-13H2,1-3H3,(H,26,29). The summed E-state index contributed by atoms with van der Waals surface area (Å²) in [5, 5.41) is 8.36. The van der Waals surface area contributed by atoms with Crippen molar-refractivity contribution in [1.29, 1.82) is 0 Å². The van der Waals surface area contributed by atoms with Crippen LogP contribution in [0.3, 0.4) is 0 Å². The van der Waals surface area contributed by atoms with Crippen LogP contribution in [-0.2, 0) is 13.5 Å². The third kappa shape index (κ3) is 4.66. The van der Waals surface area contributed by atoms with Gasteiger partial charge in [-0.15, -0.1) is 11.3 Å². The van der Waals surface area contributed by atoms with Gasteiger partial charge in [0.2, 0.25) is 0 Å². The number of carbonyl (C=O) groups excluding carboxylic acids is 2. The lowest BCUT2D eigenvalue weighted by Crippen LogP contribution is -2.41. The van der Waals surface area contributed by atoms with Crippen LogP contribution < -0.4 is 5.32 Å². The van der Waals surface area contributed by atoms with E-state index in [9.17, 15) is 9.59 Å². The summed E-state index contributed by atoms with van der Waals surface area (Å²) in [5.74, 6) is 0.0117. The molecule has 0 spiro atoms. The Hall–Kier alpha value is -2.67. The Labute approximate surface area is 187 Å². The zero-order chi connectivity index (χ0) is 22.0. The number of rotatable bonds is 5.